The average molecular weight is 369 g/mol. The van der Waals surface area contributed by atoms with Gasteiger partial charge in [0.05, 0.1) is 17.2 Å². The molecule has 0 aliphatic carbocycles. The monoisotopic (exact) mass is 369 g/mol. The Morgan fingerprint density at radius 2 is 1.71 bits per heavy atom. The molecule has 2 heterocycles. The fraction of sp³-hybridized carbons (Fsp3) is 0.304. The number of hydrogen-bond acceptors (Lipinski definition) is 4. The van der Waals surface area contributed by atoms with Crippen molar-refractivity contribution in [1.29, 1.82) is 10.5 Å². The lowest BCUT2D eigenvalue weighted by Gasteiger charge is -2.36. The molecule has 0 radical (unpaired) electrons. The third-order valence-electron chi connectivity index (χ3n) is 5.54. The standard InChI is InChI=1S/C23H23N5/c24-15-19-3-6-21(7-4-19)28-12-10-27(11-13-28)9-1-2-18-5-8-23-22(14-18)20(16-25)17-26-23/h3-8,14,17,26H,1-2,9-13H2. The third kappa shape index (κ3) is 3.86. The number of piperazine rings is 1. The van der Waals surface area contributed by atoms with Crippen molar-refractivity contribution in [3.63, 3.8) is 0 Å². The fourth-order valence-corrected chi connectivity index (χ4v) is 3.90. The number of hydrogen-bond donors (Lipinski definition) is 1. The van der Waals surface area contributed by atoms with Crippen LogP contribution in [0.3, 0.4) is 0 Å². The second kappa shape index (κ2) is 8.17. The van der Waals surface area contributed by atoms with Gasteiger partial charge in [0.25, 0.3) is 0 Å². The number of fused-ring (bicyclic) bond motifs is 1. The Morgan fingerprint density at radius 3 is 2.43 bits per heavy atom. The maximum Gasteiger partial charge on any atom is 0.101 e. The summed E-state index contributed by atoms with van der Waals surface area (Å²) >= 11 is 0. The first-order valence-electron chi connectivity index (χ1n) is 9.74. The number of nitriles is 2. The minimum Gasteiger partial charge on any atom is -0.369 e. The number of aryl methyl sites for hydroxylation is 1. The zero-order valence-electron chi connectivity index (χ0n) is 15.9. The molecule has 0 bridgehead atoms. The van der Waals surface area contributed by atoms with Crippen molar-refractivity contribution in [2.24, 2.45) is 0 Å². The summed E-state index contributed by atoms with van der Waals surface area (Å²) in [6, 6.07) is 18.7. The van der Waals surface area contributed by atoms with Crippen molar-refractivity contribution in [1.82, 2.24) is 9.88 Å². The zero-order valence-corrected chi connectivity index (χ0v) is 15.9. The molecule has 1 N–H and O–H groups in total. The molecule has 1 aliphatic rings. The smallest absolute Gasteiger partial charge is 0.101 e. The number of nitrogens with zero attached hydrogens (tertiary/aromatic N) is 4. The highest BCUT2D eigenvalue weighted by molar-refractivity contribution is 5.86. The fourth-order valence-electron chi connectivity index (χ4n) is 3.90. The van der Waals surface area contributed by atoms with E-state index in [2.05, 4.69) is 45.1 Å². The van der Waals surface area contributed by atoms with E-state index in [0.717, 1.165) is 62.0 Å². The summed E-state index contributed by atoms with van der Waals surface area (Å²) in [4.78, 5) is 8.06. The largest absolute Gasteiger partial charge is 0.369 e. The van der Waals surface area contributed by atoms with Gasteiger partial charge in [0.1, 0.15) is 6.07 Å². The number of nitrogens with one attached hydrogen (secondary N) is 1. The Morgan fingerprint density at radius 1 is 0.929 bits per heavy atom. The Bertz CT molecular complexity index is 1030. The van der Waals surface area contributed by atoms with E-state index in [4.69, 9.17) is 5.26 Å². The molecule has 1 fully saturated rings. The van der Waals surface area contributed by atoms with E-state index in [1.54, 1.807) is 6.20 Å². The number of aromatic nitrogens is 1. The molecule has 0 saturated carbocycles. The molecule has 3 aromatic rings. The third-order valence-corrected chi connectivity index (χ3v) is 5.54. The number of anilines is 1. The summed E-state index contributed by atoms with van der Waals surface area (Å²) in [7, 11) is 0. The van der Waals surface area contributed by atoms with Crippen LogP contribution in [0.2, 0.25) is 0 Å². The van der Waals surface area contributed by atoms with E-state index in [9.17, 15) is 5.26 Å². The Kier molecular flexibility index (Phi) is 5.28. The summed E-state index contributed by atoms with van der Waals surface area (Å²) in [5.74, 6) is 0. The Labute approximate surface area is 165 Å². The van der Waals surface area contributed by atoms with Gasteiger partial charge in [0.15, 0.2) is 0 Å². The molecule has 0 spiro atoms. The lowest BCUT2D eigenvalue weighted by Crippen LogP contribution is -2.46. The summed E-state index contributed by atoms with van der Waals surface area (Å²) < 4.78 is 0. The van der Waals surface area contributed by atoms with Gasteiger partial charge in [-0.05, 0) is 61.3 Å². The minimum atomic E-state index is 0.710. The number of H-pyrrole nitrogens is 1. The second-order valence-electron chi connectivity index (χ2n) is 7.29. The van der Waals surface area contributed by atoms with Crippen molar-refractivity contribution in [2.45, 2.75) is 12.8 Å². The summed E-state index contributed by atoms with van der Waals surface area (Å²) in [5, 5.41) is 19.1. The molecule has 5 nitrogen and oxygen atoms in total. The lowest BCUT2D eigenvalue weighted by molar-refractivity contribution is 0.255. The molecule has 1 aromatic heterocycles. The van der Waals surface area contributed by atoms with Gasteiger partial charge in [-0.15, -0.1) is 0 Å². The molecule has 0 unspecified atom stereocenters. The van der Waals surface area contributed by atoms with Crippen molar-refractivity contribution in [2.75, 3.05) is 37.6 Å². The van der Waals surface area contributed by atoms with Gasteiger partial charge in [-0.3, -0.25) is 4.90 Å². The van der Waals surface area contributed by atoms with Gasteiger partial charge < -0.3 is 9.88 Å². The van der Waals surface area contributed by atoms with E-state index >= 15 is 0 Å². The van der Waals surface area contributed by atoms with E-state index in [-0.39, 0.29) is 0 Å². The Balaban J connectivity index is 1.26. The van der Waals surface area contributed by atoms with Crippen LogP contribution in [0.25, 0.3) is 10.9 Å². The highest BCUT2D eigenvalue weighted by atomic mass is 15.3. The predicted octanol–water partition coefficient (Wildman–Crippen LogP) is 3.67. The van der Waals surface area contributed by atoms with Crippen molar-refractivity contribution >= 4 is 16.6 Å². The molecular weight excluding hydrogens is 346 g/mol. The van der Waals surface area contributed by atoms with Crippen molar-refractivity contribution < 1.29 is 0 Å². The van der Waals surface area contributed by atoms with Gasteiger partial charge in [-0.2, -0.15) is 10.5 Å². The minimum absolute atomic E-state index is 0.710. The lowest BCUT2D eigenvalue weighted by atomic mass is 10.1. The van der Waals surface area contributed by atoms with Gasteiger partial charge in [-0.1, -0.05) is 6.07 Å². The molecule has 0 amide bonds. The van der Waals surface area contributed by atoms with Crippen LogP contribution >= 0.6 is 0 Å². The van der Waals surface area contributed by atoms with Crippen LogP contribution < -0.4 is 4.90 Å². The van der Waals surface area contributed by atoms with Crippen LogP contribution in [0, 0.1) is 22.7 Å². The quantitative estimate of drug-likeness (QED) is 0.745. The molecule has 1 aliphatic heterocycles. The second-order valence-corrected chi connectivity index (χ2v) is 7.29. The first-order chi connectivity index (χ1) is 13.8. The van der Waals surface area contributed by atoms with Gasteiger partial charge in [-0.25, -0.2) is 0 Å². The van der Waals surface area contributed by atoms with Crippen LogP contribution in [0.5, 0.6) is 0 Å². The highest BCUT2D eigenvalue weighted by Gasteiger charge is 2.16. The number of benzene rings is 2. The van der Waals surface area contributed by atoms with Crippen molar-refractivity contribution in [3.8, 4) is 12.1 Å². The molecule has 5 heteroatoms. The summed E-state index contributed by atoms with van der Waals surface area (Å²) in [6.45, 7) is 5.27. The zero-order chi connectivity index (χ0) is 19.3. The van der Waals surface area contributed by atoms with E-state index in [0.29, 0.717) is 5.56 Å². The molecule has 0 atom stereocenters. The van der Waals surface area contributed by atoms with Crippen LogP contribution in [-0.4, -0.2) is 42.6 Å². The first kappa shape index (κ1) is 18.1. The van der Waals surface area contributed by atoms with Crippen LogP contribution in [0.4, 0.5) is 5.69 Å². The molecule has 2 aromatic carbocycles. The summed E-state index contributed by atoms with van der Waals surface area (Å²) in [6.07, 6.45) is 3.93. The molecule has 1 saturated heterocycles. The maximum atomic E-state index is 9.20. The Hall–Kier alpha value is -3.28. The van der Waals surface area contributed by atoms with Gasteiger partial charge >= 0.3 is 0 Å². The van der Waals surface area contributed by atoms with Crippen molar-refractivity contribution in [3.05, 3.63) is 65.4 Å². The molecule has 4 rings (SSSR count). The van der Waals surface area contributed by atoms with Crippen LogP contribution in [0.1, 0.15) is 23.1 Å². The van der Waals surface area contributed by atoms with Crippen LogP contribution in [0.15, 0.2) is 48.7 Å². The van der Waals surface area contributed by atoms with E-state index < -0.39 is 0 Å². The summed E-state index contributed by atoms with van der Waals surface area (Å²) in [5.41, 5.74) is 4.95. The number of rotatable bonds is 5. The maximum absolute atomic E-state index is 9.20. The SMILES string of the molecule is N#Cc1ccc(N2CCN(CCCc3ccc4[nH]cc(C#N)c4c3)CC2)cc1. The topological polar surface area (TPSA) is 69.8 Å². The normalized spacial score (nSPS) is 14.7. The molecule has 140 valence electrons. The van der Waals surface area contributed by atoms with Crippen LogP contribution in [-0.2, 0) is 6.42 Å². The molecular formula is C23H23N5. The van der Waals surface area contributed by atoms with E-state index in [1.165, 1.54) is 11.3 Å². The van der Waals surface area contributed by atoms with Gasteiger partial charge in [0, 0.05) is 49.0 Å². The molecule has 28 heavy (non-hydrogen) atoms. The van der Waals surface area contributed by atoms with E-state index in [1.807, 2.05) is 24.3 Å². The number of aromatic amines is 1. The first-order valence-corrected chi connectivity index (χ1v) is 9.74. The average Bonchev–Trinajstić information content (AvgIpc) is 3.17. The highest BCUT2D eigenvalue weighted by Crippen LogP contribution is 2.21. The predicted molar refractivity (Wildman–Crippen MR) is 111 cm³/mol. The van der Waals surface area contributed by atoms with Gasteiger partial charge in [0.2, 0.25) is 0 Å².